The van der Waals surface area contributed by atoms with E-state index in [0.29, 0.717) is 17.2 Å². The van der Waals surface area contributed by atoms with Crippen LogP contribution >= 0.6 is 0 Å². The predicted molar refractivity (Wildman–Crippen MR) is 108 cm³/mol. The highest BCUT2D eigenvalue weighted by Crippen LogP contribution is 2.25. The molecule has 6 heteroatoms. The Labute approximate surface area is 159 Å². The quantitative estimate of drug-likeness (QED) is 0.709. The average molecular weight is 377 g/mol. The minimum Gasteiger partial charge on any atom is -0.373 e. The molecule has 0 spiro atoms. The number of nitrogens with one attached hydrogen (secondary N) is 1. The molecule has 136 valence electrons. The van der Waals surface area contributed by atoms with Gasteiger partial charge in [0.25, 0.3) is 10.0 Å². The maximum atomic E-state index is 12.9. The number of aromatic nitrogens is 1. The molecule has 0 unspecified atom stereocenters. The van der Waals surface area contributed by atoms with E-state index in [-0.39, 0.29) is 4.90 Å². The van der Waals surface area contributed by atoms with Crippen LogP contribution in [-0.2, 0) is 10.0 Å². The van der Waals surface area contributed by atoms with Gasteiger partial charge in [-0.2, -0.15) is 0 Å². The molecule has 3 rings (SSSR count). The van der Waals surface area contributed by atoms with E-state index in [1.807, 2.05) is 30.3 Å². The van der Waals surface area contributed by atoms with Crippen molar-refractivity contribution < 1.29 is 8.42 Å². The van der Waals surface area contributed by atoms with Crippen molar-refractivity contribution in [3.05, 3.63) is 84.1 Å². The lowest BCUT2D eigenvalue weighted by molar-refractivity contribution is 0.594. The maximum absolute atomic E-state index is 12.9. The number of anilines is 2. The highest BCUT2D eigenvalue weighted by molar-refractivity contribution is 7.92. The third kappa shape index (κ3) is 4.10. The molecular weight excluding hydrogens is 358 g/mol. The number of nitrogens with zero attached hydrogens (tertiary/aromatic N) is 2. The largest absolute Gasteiger partial charge is 0.373 e. The van der Waals surface area contributed by atoms with Gasteiger partial charge in [-0.05, 0) is 42.3 Å². The molecule has 0 saturated heterocycles. The third-order valence-corrected chi connectivity index (χ3v) is 5.76. The average Bonchev–Trinajstić information content (AvgIpc) is 2.73. The van der Waals surface area contributed by atoms with E-state index < -0.39 is 10.0 Å². The van der Waals surface area contributed by atoms with Crippen LogP contribution in [0.3, 0.4) is 0 Å². The van der Waals surface area contributed by atoms with Gasteiger partial charge in [0.2, 0.25) is 0 Å². The summed E-state index contributed by atoms with van der Waals surface area (Å²) in [6.07, 6.45) is 0. The Bertz CT molecular complexity index is 1090. The van der Waals surface area contributed by atoms with Crippen molar-refractivity contribution in [1.82, 2.24) is 4.98 Å². The zero-order valence-electron chi connectivity index (χ0n) is 15.0. The van der Waals surface area contributed by atoms with Gasteiger partial charge in [-0.25, -0.2) is 13.4 Å². The van der Waals surface area contributed by atoms with Crippen LogP contribution < -0.4 is 9.62 Å². The molecule has 1 N–H and O–H groups in total. The molecule has 0 aliphatic rings. The Kier molecular flexibility index (Phi) is 5.43. The summed E-state index contributed by atoms with van der Waals surface area (Å²) in [4.78, 5) is 4.66. The maximum Gasteiger partial charge on any atom is 0.264 e. The van der Waals surface area contributed by atoms with Gasteiger partial charge in [-0.1, -0.05) is 42.3 Å². The molecule has 0 radical (unpaired) electrons. The van der Waals surface area contributed by atoms with E-state index in [0.717, 1.165) is 5.56 Å². The summed E-state index contributed by atoms with van der Waals surface area (Å²) >= 11 is 0. The number of rotatable bonds is 4. The second-order valence-corrected chi connectivity index (χ2v) is 7.69. The first-order chi connectivity index (χ1) is 13.0. The van der Waals surface area contributed by atoms with Crippen molar-refractivity contribution in [1.29, 1.82) is 0 Å². The molecule has 0 saturated carbocycles. The van der Waals surface area contributed by atoms with Crippen molar-refractivity contribution in [3.63, 3.8) is 0 Å². The van der Waals surface area contributed by atoms with Gasteiger partial charge >= 0.3 is 0 Å². The van der Waals surface area contributed by atoms with Gasteiger partial charge in [0.15, 0.2) is 0 Å². The number of hydrogen-bond donors (Lipinski definition) is 1. The van der Waals surface area contributed by atoms with Gasteiger partial charge < -0.3 is 5.32 Å². The van der Waals surface area contributed by atoms with Crippen LogP contribution in [0.25, 0.3) is 0 Å². The standard InChI is InChI=1S/C21H19N3O2S/c1-22-21-16-15-20(19(23-21)14-13-17-9-5-3-6-10-17)24(2)27(25,26)18-11-7-4-8-12-18/h3-12,15-16H,1-2H3,(H,22,23). The van der Waals surface area contributed by atoms with E-state index in [1.165, 1.54) is 11.4 Å². The molecule has 5 nitrogen and oxygen atoms in total. The van der Waals surface area contributed by atoms with Gasteiger partial charge in [-0.3, -0.25) is 4.31 Å². The van der Waals surface area contributed by atoms with Crippen molar-refractivity contribution in [3.8, 4) is 11.8 Å². The second-order valence-electron chi connectivity index (χ2n) is 5.72. The Morgan fingerprint density at radius 3 is 2.15 bits per heavy atom. The van der Waals surface area contributed by atoms with Crippen LogP contribution in [0.15, 0.2) is 77.7 Å². The fourth-order valence-corrected chi connectivity index (χ4v) is 3.69. The minimum absolute atomic E-state index is 0.215. The van der Waals surface area contributed by atoms with Gasteiger partial charge in [0, 0.05) is 19.7 Å². The van der Waals surface area contributed by atoms with Crippen LogP contribution in [0.5, 0.6) is 0 Å². The lowest BCUT2D eigenvalue weighted by atomic mass is 10.2. The molecule has 0 bridgehead atoms. The first-order valence-corrected chi connectivity index (χ1v) is 9.76. The zero-order valence-corrected chi connectivity index (χ0v) is 15.9. The molecule has 0 fully saturated rings. The van der Waals surface area contributed by atoms with Gasteiger partial charge in [-0.15, -0.1) is 0 Å². The minimum atomic E-state index is -3.71. The molecule has 0 amide bonds. The Morgan fingerprint density at radius 1 is 0.889 bits per heavy atom. The number of hydrogen-bond acceptors (Lipinski definition) is 4. The summed E-state index contributed by atoms with van der Waals surface area (Å²) in [7, 11) is -0.455. The summed E-state index contributed by atoms with van der Waals surface area (Å²) in [5.41, 5.74) is 1.63. The van der Waals surface area contributed by atoms with E-state index in [4.69, 9.17) is 0 Å². The molecular formula is C21H19N3O2S. The molecule has 2 aromatic carbocycles. The van der Waals surface area contributed by atoms with Crippen molar-refractivity contribution in [2.24, 2.45) is 0 Å². The Hall–Kier alpha value is -3.30. The SMILES string of the molecule is CNc1ccc(N(C)S(=O)(=O)c2ccccc2)c(C#Cc2ccccc2)n1. The highest BCUT2D eigenvalue weighted by atomic mass is 32.2. The van der Waals surface area contributed by atoms with E-state index in [1.54, 1.807) is 49.5 Å². The molecule has 1 aromatic heterocycles. The summed E-state index contributed by atoms with van der Waals surface area (Å²) < 4.78 is 27.1. The number of sulfonamides is 1. The lowest BCUT2D eigenvalue weighted by Gasteiger charge is -2.20. The fourth-order valence-electron chi connectivity index (χ4n) is 2.47. The van der Waals surface area contributed by atoms with E-state index in [9.17, 15) is 8.42 Å². The van der Waals surface area contributed by atoms with E-state index in [2.05, 4.69) is 22.1 Å². The smallest absolute Gasteiger partial charge is 0.264 e. The van der Waals surface area contributed by atoms with Crippen LogP contribution in [-0.4, -0.2) is 27.5 Å². The van der Waals surface area contributed by atoms with Gasteiger partial charge in [0.1, 0.15) is 11.5 Å². The number of pyridine rings is 1. The van der Waals surface area contributed by atoms with E-state index >= 15 is 0 Å². The summed E-state index contributed by atoms with van der Waals surface area (Å²) in [6, 6.07) is 21.2. The van der Waals surface area contributed by atoms with Crippen LogP contribution in [0.2, 0.25) is 0 Å². The molecule has 0 atom stereocenters. The molecule has 0 aliphatic carbocycles. The number of benzene rings is 2. The summed E-state index contributed by atoms with van der Waals surface area (Å²) in [5, 5.41) is 2.96. The van der Waals surface area contributed by atoms with Gasteiger partial charge in [0.05, 0.1) is 10.6 Å². The Balaban J connectivity index is 2.06. The molecule has 3 aromatic rings. The summed E-state index contributed by atoms with van der Waals surface area (Å²) in [6.45, 7) is 0. The zero-order chi connectivity index (χ0) is 19.3. The lowest BCUT2D eigenvalue weighted by Crippen LogP contribution is -2.27. The second kappa shape index (κ2) is 7.94. The first-order valence-electron chi connectivity index (χ1n) is 8.32. The normalized spacial score (nSPS) is 10.6. The van der Waals surface area contributed by atoms with Crippen molar-refractivity contribution >= 4 is 21.5 Å². The van der Waals surface area contributed by atoms with Crippen LogP contribution in [0.4, 0.5) is 11.5 Å². The molecule has 1 heterocycles. The first kappa shape index (κ1) is 18.5. The fraction of sp³-hybridized carbons (Fsp3) is 0.0952. The Morgan fingerprint density at radius 2 is 1.52 bits per heavy atom. The summed E-state index contributed by atoms with van der Waals surface area (Å²) in [5.74, 6) is 6.65. The molecule has 27 heavy (non-hydrogen) atoms. The van der Waals surface area contributed by atoms with Crippen molar-refractivity contribution in [2.45, 2.75) is 4.90 Å². The topological polar surface area (TPSA) is 62.3 Å². The highest BCUT2D eigenvalue weighted by Gasteiger charge is 2.23. The van der Waals surface area contributed by atoms with Crippen LogP contribution in [0.1, 0.15) is 11.3 Å². The van der Waals surface area contributed by atoms with Crippen LogP contribution in [0, 0.1) is 11.8 Å². The monoisotopic (exact) mass is 377 g/mol. The third-order valence-electron chi connectivity index (χ3n) is 3.97. The predicted octanol–water partition coefficient (Wildman–Crippen LogP) is 3.35. The van der Waals surface area contributed by atoms with Crippen molar-refractivity contribution in [2.75, 3.05) is 23.7 Å². The molecule has 0 aliphatic heterocycles.